The second-order valence-electron chi connectivity index (χ2n) is 9.79. The highest BCUT2D eigenvalue weighted by molar-refractivity contribution is 5.68. The van der Waals surface area contributed by atoms with E-state index in [9.17, 15) is 27.9 Å². The average molecular weight is 542 g/mol. The van der Waals surface area contributed by atoms with Gasteiger partial charge in [-0.15, -0.1) is 0 Å². The van der Waals surface area contributed by atoms with Gasteiger partial charge in [-0.25, -0.2) is 4.39 Å². The van der Waals surface area contributed by atoms with Gasteiger partial charge in [0.2, 0.25) is 6.35 Å². The first-order valence-electron chi connectivity index (χ1n) is 12.7. The van der Waals surface area contributed by atoms with Crippen LogP contribution in [0, 0.1) is 17.1 Å². The number of benzene rings is 3. The fraction of sp³-hybridized carbons (Fsp3) is 0.345. The third-order valence-electron chi connectivity index (χ3n) is 6.98. The summed E-state index contributed by atoms with van der Waals surface area (Å²) in [5, 5.41) is 23.1. The van der Waals surface area contributed by atoms with Gasteiger partial charge in [-0.3, -0.25) is 4.90 Å². The highest BCUT2D eigenvalue weighted by Gasteiger charge is 2.34. The van der Waals surface area contributed by atoms with Crippen LogP contribution in [0.15, 0.2) is 66.7 Å². The van der Waals surface area contributed by atoms with Gasteiger partial charge in [-0.1, -0.05) is 24.3 Å². The monoisotopic (exact) mass is 541 g/mol. The van der Waals surface area contributed by atoms with Crippen molar-refractivity contribution in [2.24, 2.45) is 0 Å². The molecule has 1 fully saturated rings. The number of hydrogen-bond acceptors (Lipinski definition) is 6. The van der Waals surface area contributed by atoms with Gasteiger partial charge in [0.25, 0.3) is 0 Å². The van der Waals surface area contributed by atoms with E-state index in [0.29, 0.717) is 36.4 Å². The number of hydrogen-bond donors (Lipinski definition) is 2. The van der Waals surface area contributed by atoms with Crippen molar-refractivity contribution in [2.75, 3.05) is 50.0 Å². The molecular formula is C29H31F4N5O. The van der Waals surface area contributed by atoms with Crippen LogP contribution < -0.4 is 10.2 Å². The van der Waals surface area contributed by atoms with E-state index in [0.717, 1.165) is 36.8 Å². The van der Waals surface area contributed by atoms with Crippen molar-refractivity contribution in [1.29, 1.82) is 5.26 Å². The summed E-state index contributed by atoms with van der Waals surface area (Å²) in [7, 11) is 2.07. The van der Waals surface area contributed by atoms with E-state index in [2.05, 4.69) is 35.2 Å². The van der Waals surface area contributed by atoms with Gasteiger partial charge in [0, 0.05) is 50.1 Å². The van der Waals surface area contributed by atoms with Crippen molar-refractivity contribution in [1.82, 2.24) is 9.80 Å². The Balaban J connectivity index is 1.58. The van der Waals surface area contributed by atoms with Crippen molar-refractivity contribution in [3.8, 4) is 17.2 Å². The van der Waals surface area contributed by atoms with Gasteiger partial charge in [0.1, 0.15) is 5.82 Å². The molecule has 0 radical (unpaired) electrons. The number of piperazine rings is 1. The largest absolute Gasteiger partial charge is 0.419 e. The third-order valence-corrected chi connectivity index (χ3v) is 6.98. The molecule has 3 aromatic rings. The predicted molar refractivity (Wildman–Crippen MR) is 144 cm³/mol. The van der Waals surface area contributed by atoms with Crippen molar-refractivity contribution >= 4 is 11.4 Å². The molecule has 2 N–H and O–H groups in total. The van der Waals surface area contributed by atoms with E-state index in [1.54, 1.807) is 23.1 Å². The van der Waals surface area contributed by atoms with E-state index in [1.807, 2.05) is 30.3 Å². The Morgan fingerprint density at radius 1 is 1.08 bits per heavy atom. The van der Waals surface area contributed by atoms with Gasteiger partial charge < -0.3 is 20.2 Å². The molecule has 206 valence electrons. The Bertz CT molecular complexity index is 1310. The molecule has 0 saturated carbocycles. The lowest BCUT2D eigenvalue weighted by Crippen LogP contribution is -2.53. The first-order valence-corrected chi connectivity index (χ1v) is 12.7. The van der Waals surface area contributed by atoms with E-state index in [1.165, 1.54) is 6.07 Å². The number of likely N-dealkylation sites (N-methyl/N-ethyl adjacent to an activating group) is 1. The molecule has 1 aliphatic rings. The number of alkyl halides is 3. The van der Waals surface area contributed by atoms with Gasteiger partial charge in [-0.2, -0.15) is 18.4 Å². The first kappa shape index (κ1) is 28.4. The minimum Gasteiger partial charge on any atom is -0.356 e. The molecular weight excluding hydrogens is 510 g/mol. The quantitative estimate of drug-likeness (QED) is 0.302. The Hall–Kier alpha value is -3.65. The van der Waals surface area contributed by atoms with Gasteiger partial charge >= 0.3 is 6.18 Å². The molecule has 6 nitrogen and oxygen atoms in total. The summed E-state index contributed by atoms with van der Waals surface area (Å²) < 4.78 is 53.5. The fourth-order valence-electron chi connectivity index (χ4n) is 4.81. The number of rotatable bonds is 8. The maximum absolute atomic E-state index is 13.8. The van der Waals surface area contributed by atoms with E-state index >= 15 is 0 Å². The topological polar surface area (TPSA) is 65.8 Å². The van der Waals surface area contributed by atoms with Crippen LogP contribution in [0.3, 0.4) is 0 Å². The summed E-state index contributed by atoms with van der Waals surface area (Å²) in [6.07, 6.45) is -6.24. The third kappa shape index (κ3) is 7.06. The highest BCUT2D eigenvalue weighted by Crippen LogP contribution is 2.33. The number of anilines is 2. The van der Waals surface area contributed by atoms with Crippen LogP contribution in [0.5, 0.6) is 0 Å². The normalized spacial score (nSPS) is 17.4. The number of aliphatic hydroxyl groups is 1. The zero-order valence-electron chi connectivity index (χ0n) is 21.8. The maximum Gasteiger partial charge on any atom is 0.419 e. The van der Waals surface area contributed by atoms with Gasteiger partial charge in [0.05, 0.1) is 17.2 Å². The van der Waals surface area contributed by atoms with Crippen LogP contribution in [0.1, 0.15) is 18.1 Å². The summed E-state index contributed by atoms with van der Waals surface area (Å²) in [6.45, 7) is 5.83. The second-order valence-corrected chi connectivity index (χ2v) is 9.79. The summed E-state index contributed by atoms with van der Waals surface area (Å²) in [4.78, 5) is 6.22. The fourth-order valence-corrected chi connectivity index (χ4v) is 4.81. The number of halogens is 4. The smallest absolute Gasteiger partial charge is 0.356 e. The molecule has 1 heterocycles. The molecule has 0 bridgehead atoms. The zero-order valence-corrected chi connectivity index (χ0v) is 21.8. The Morgan fingerprint density at radius 2 is 1.82 bits per heavy atom. The Kier molecular flexibility index (Phi) is 8.75. The van der Waals surface area contributed by atoms with Gasteiger partial charge in [0.15, 0.2) is 0 Å². The van der Waals surface area contributed by atoms with Crippen LogP contribution in [0.2, 0.25) is 0 Å². The Morgan fingerprint density at radius 3 is 2.49 bits per heavy atom. The summed E-state index contributed by atoms with van der Waals surface area (Å²) in [6, 6.07) is 19.6. The summed E-state index contributed by atoms with van der Waals surface area (Å²) in [5.74, 6) is -1.38. The van der Waals surface area contributed by atoms with E-state index in [-0.39, 0.29) is 5.69 Å². The molecule has 4 rings (SSSR count). The number of nitriles is 1. The molecule has 1 aliphatic heterocycles. The molecule has 2 atom stereocenters. The standard InChI is InChI=1S/C29H31F4N5O/c1-20-19-36(2)12-13-37(20)14-15-38(28(39)35-24-8-11-27(30)26(17-24)29(31,32)33)25-9-6-22(7-10-25)23-5-3-4-21(16-23)18-34/h3-11,16-17,20,28,35,39H,12-15,19H2,1-2H3/t20-,28?/m0/s1. The van der Waals surface area contributed by atoms with Crippen LogP contribution >= 0.6 is 0 Å². The highest BCUT2D eigenvalue weighted by atomic mass is 19.4. The molecule has 0 aliphatic carbocycles. The summed E-state index contributed by atoms with van der Waals surface area (Å²) >= 11 is 0. The van der Waals surface area contributed by atoms with Crippen molar-refractivity contribution in [3.05, 3.63) is 83.7 Å². The molecule has 1 unspecified atom stereocenters. The lowest BCUT2D eigenvalue weighted by atomic mass is 10.0. The van der Waals surface area contributed by atoms with Crippen LogP contribution in [-0.4, -0.2) is 67.1 Å². The number of nitrogens with one attached hydrogen (secondary N) is 1. The average Bonchev–Trinajstić information content (AvgIpc) is 2.90. The van der Waals surface area contributed by atoms with Crippen LogP contribution in [0.25, 0.3) is 11.1 Å². The maximum atomic E-state index is 13.8. The van der Waals surface area contributed by atoms with E-state index in [4.69, 9.17) is 0 Å². The molecule has 0 amide bonds. The lowest BCUT2D eigenvalue weighted by Gasteiger charge is -2.40. The molecule has 0 aromatic heterocycles. The number of nitrogens with zero attached hydrogens (tertiary/aromatic N) is 4. The minimum atomic E-state index is -4.86. The molecule has 1 saturated heterocycles. The summed E-state index contributed by atoms with van der Waals surface area (Å²) in [5.41, 5.74) is 1.47. The SMILES string of the molecule is C[C@H]1CN(C)CCN1CCN(c1ccc(-c2cccc(C#N)c2)cc1)C(O)Nc1ccc(F)c(C(F)(F)F)c1. The van der Waals surface area contributed by atoms with Crippen molar-refractivity contribution in [2.45, 2.75) is 25.5 Å². The molecule has 0 spiro atoms. The van der Waals surface area contributed by atoms with Crippen molar-refractivity contribution < 1.29 is 22.7 Å². The van der Waals surface area contributed by atoms with Gasteiger partial charge in [-0.05, 0) is 67.6 Å². The number of aliphatic hydroxyl groups excluding tert-OH is 1. The minimum absolute atomic E-state index is 0.0564. The Labute approximate surface area is 225 Å². The van der Waals surface area contributed by atoms with Crippen molar-refractivity contribution in [3.63, 3.8) is 0 Å². The lowest BCUT2D eigenvalue weighted by molar-refractivity contribution is -0.139. The van der Waals surface area contributed by atoms with Crippen LogP contribution in [0.4, 0.5) is 28.9 Å². The predicted octanol–water partition coefficient (Wildman–Crippen LogP) is 5.21. The second kappa shape index (κ2) is 12.0. The first-order chi connectivity index (χ1) is 18.5. The van der Waals surface area contributed by atoms with E-state index < -0.39 is 23.9 Å². The van der Waals surface area contributed by atoms with Crippen LogP contribution in [-0.2, 0) is 6.18 Å². The zero-order chi connectivity index (χ0) is 28.2. The molecule has 3 aromatic carbocycles. The molecule has 10 heteroatoms. The molecule has 39 heavy (non-hydrogen) atoms.